The van der Waals surface area contributed by atoms with Crippen molar-refractivity contribution >= 4 is 54.4 Å². The smallest absolute Gasteiger partial charge is 0.167 e. The van der Waals surface area contributed by atoms with Gasteiger partial charge in [-0.15, -0.1) is 0 Å². The number of hydrogen-bond donors (Lipinski definition) is 0. The van der Waals surface area contributed by atoms with Gasteiger partial charge in [0, 0.05) is 50.6 Å². The van der Waals surface area contributed by atoms with Crippen molar-refractivity contribution in [3.63, 3.8) is 0 Å². The normalized spacial score (nSPS) is 11.6. The maximum atomic E-state index is 16.4. The van der Waals surface area contributed by atoms with Crippen LogP contribution in [0.15, 0.2) is 164 Å². The summed E-state index contributed by atoms with van der Waals surface area (Å²) >= 11 is 0. The molecular formula is C49H27F2N7. The van der Waals surface area contributed by atoms with Gasteiger partial charge in [0.05, 0.1) is 44.6 Å². The minimum atomic E-state index is -0.558. The molecule has 9 heteroatoms. The summed E-state index contributed by atoms with van der Waals surface area (Å²) < 4.78 is 32.7. The van der Waals surface area contributed by atoms with E-state index in [0.29, 0.717) is 28.1 Å². The molecule has 0 fully saturated rings. The Morgan fingerprint density at radius 2 is 0.741 bits per heavy atom. The van der Waals surface area contributed by atoms with E-state index in [1.807, 2.05) is 115 Å². The zero-order chi connectivity index (χ0) is 38.7. The molecule has 0 radical (unpaired) electrons. The quantitative estimate of drug-likeness (QED) is 0.162. The Kier molecular flexibility index (Phi) is 7.72. The van der Waals surface area contributed by atoms with Crippen molar-refractivity contribution in [3.05, 3.63) is 176 Å². The van der Waals surface area contributed by atoms with Crippen LogP contribution in [0.2, 0.25) is 0 Å². The second kappa shape index (κ2) is 13.4. The highest BCUT2D eigenvalue weighted by Crippen LogP contribution is 2.34. The molecule has 0 aliphatic heterocycles. The predicted molar refractivity (Wildman–Crippen MR) is 226 cm³/mol. The van der Waals surface area contributed by atoms with Crippen LogP contribution in [0.5, 0.6) is 0 Å². The molecule has 7 nitrogen and oxygen atoms in total. The van der Waals surface area contributed by atoms with E-state index in [4.69, 9.17) is 19.9 Å². The zero-order valence-corrected chi connectivity index (χ0v) is 30.5. The Balaban J connectivity index is 1.02. The van der Waals surface area contributed by atoms with Crippen molar-refractivity contribution < 1.29 is 8.78 Å². The molecular weight excluding hydrogens is 725 g/mol. The number of benzene rings is 6. The zero-order valence-electron chi connectivity index (χ0n) is 30.5. The highest BCUT2D eigenvalue weighted by molar-refractivity contribution is 6.04. The summed E-state index contributed by atoms with van der Waals surface area (Å²) in [5.74, 6) is -0.700. The fourth-order valence-electron chi connectivity index (χ4n) is 7.55. The Morgan fingerprint density at radius 3 is 1.28 bits per heavy atom. The summed E-state index contributed by atoms with van der Waals surface area (Å²) in [7, 11) is 0. The Labute approximate surface area is 329 Å². The van der Waals surface area contributed by atoms with Gasteiger partial charge in [-0.25, -0.2) is 33.7 Å². The van der Waals surface area contributed by atoms with Crippen LogP contribution in [-0.4, -0.2) is 34.9 Å². The summed E-state index contributed by atoms with van der Waals surface area (Å²) in [5, 5.41) is 5.83. The fraction of sp³-hybridized carbons (Fsp3) is 0. The SMILES string of the molecule is Fc1cc(-c2ccc3ccc4cccnc4c3n2)ccc1-c1nc(-c2ccc3ccccc3c2)nc(-c2ccc(-c3ccc4ccc5cccnc5c4n3)cc2F)n1. The molecule has 0 aliphatic rings. The van der Waals surface area contributed by atoms with Crippen molar-refractivity contribution in [2.45, 2.75) is 0 Å². The van der Waals surface area contributed by atoms with Gasteiger partial charge in [0.2, 0.25) is 0 Å². The standard InChI is InChI=1S/C49H27F2N7/c50-39-26-34(41-21-17-31-12-10-29-7-3-23-52-43(29)45(31)54-41)15-19-37(39)48-56-47(36-14-9-28-5-1-2-6-33(28)25-36)57-49(58-48)38-20-16-35(27-40(38)51)42-22-18-32-13-11-30-8-4-24-53-44(30)46(32)55-42/h1-27H. The van der Waals surface area contributed by atoms with E-state index in [9.17, 15) is 0 Å². The van der Waals surface area contributed by atoms with E-state index >= 15 is 8.78 Å². The van der Waals surface area contributed by atoms with E-state index in [-0.39, 0.29) is 28.6 Å². The number of hydrogen-bond acceptors (Lipinski definition) is 7. The molecule has 0 N–H and O–H groups in total. The first kappa shape index (κ1) is 33.4. The molecule has 0 spiro atoms. The van der Waals surface area contributed by atoms with Crippen molar-refractivity contribution in [2.24, 2.45) is 0 Å². The molecule has 5 heterocycles. The summed E-state index contributed by atoms with van der Waals surface area (Å²) in [4.78, 5) is 33.1. The van der Waals surface area contributed by atoms with Crippen molar-refractivity contribution in [2.75, 3.05) is 0 Å². The molecule has 272 valence electrons. The number of fused-ring (bicyclic) bond motifs is 7. The van der Waals surface area contributed by atoms with Gasteiger partial charge < -0.3 is 0 Å². The second-order valence-electron chi connectivity index (χ2n) is 14.1. The maximum absolute atomic E-state index is 16.4. The Bertz CT molecular complexity index is 3270. The largest absolute Gasteiger partial charge is 0.254 e. The first-order valence-electron chi connectivity index (χ1n) is 18.7. The molecule has 58 heavy (non-hydrogen) atoms. The molecule has 11 rings (SSSR count). The third kappa shape index (κ3) is 5.76. The van der Waals surface area contributed by atoms with Crippen molar-refractivity contribution in [1.82, 2.24) is 34.9 Å². The monoisotopic (exact) mass is 751 g/mol. The van der Waals surface area contributed by atoms with Gasteiger partial charge in [-0.1, -0.05) is 97.1 Å². The Morgan fingerprint density at radius 1 is 0.310 bits per heavy atom. The number of aromatic nitrogens is 7. The third-order valence-electron chi connectivity index (χ3n) is 10.5. The molecule has 0 aliphatic carbocycles. The molecule has 0 unspecified atom stereocenters. The lowest BCUT2D eigenvalue weighted by atomic mass is 10.0. The maximum Gasteiger partial charge on any atom is 0.167 e. The van der Waals surface area contributed by atoms with Gasteiger partial charge in [0.15, 0.2) is 17.5 Å². The van der Waals surface area contributed by atoms with Gasteiger partial charge in [0.1, 0.15) is 11.6 Å². The average molecular weight is 752 g/mol. The summed E-state index contributed by atoms with van der Waals surface area (Å²) in [6, 6.07) is 46.9. The van der Waals surface area contributed by atoms with E-state index in [1.165, 1.54) is 12.1 Å². The lowest BCUT2D eigenvalue weighted by molar-refractivity contribution is 0.629. The van der Waals surface area contributed by atoms with Gasteiger partial charge in [-0.2, -0.15) is 0 Å². The minimum absolute atomic E-state index is 0.0675. The molecule has 5 aromatic heterocycles. The number of rotatable bonds is 5. The lowest BCUT2D eigenvalue weighted by Gasteiger charge is -2.12. The fourth-order valence-corrected chi connectivity index (χ4v) is 7.55. The van der Waals surface area contributed by atoms with E-state index in [1.54, 1.807) is 36.7 Å². The third-order valence-corrected chi connectivity index (χ3v) is 10.5. The Hall–Kier alpha value is -7.91. The van der Waals surface area contributed by atoms with E-state index in [2.05, 4.69) is 15.0 Å². The molecule has 11 aromatic rings. The van der Waals surface area contributed by atoms with Crippen LogP contribution in [0, 0.1) is 11.6 Å². The molecule has 6 aromatic carbocycles. The number of halogens is 2. The van der Waals surface area contributed by atoms with E-state index < -0.39 is 11.6 Å². The van der Waals surface area contributed by atoms with Crippen molar-refractivity contribution in [3.8, 4) is 56.7 Å². The number of pyridine rings is 4. The van der Waals surface area contributed by atoms with Crippen LogP contribution in [0.1, 0.15) is 0 Å². The highest BCUT2D eigenvalue weighted by Gasteiger charge is 2.19. The minimum Gasteiger partial charge on any atom is -0.254 e. The van der Waals surface area contributed by atoms with Crippen LogP contribution >= 0.6 is 0 Å². The van der Waals surface area contributed by atoms with Crippen LogP contribution < -0.4 is 0 Å². The van der Waals surface area contributed by atoms with E-state index in [0.717, 1.165) is 54.4 Å². The molecule has 0 saturated heterocycles. The second-order valence-corrected chi connectivity index (χ2v) is 14.1. The highest BCUT2D eigenvalue weighted by atomic mass is 19.1. The first-order chi connectivity index (χ1) is 28.5. The lowest BCUT2D eigenvalue weighted by Crippen LogP contribution is -2.03. The van der Waals surface area contributed by atoms with Gasteiger partial charge in [-0.05, 0) is 65.4 Å². The van der Waals surface area contributed by atoms with Gasteiger partial charge in [0.25, 0.3) is 0 Å². The van der Waals surface area contributed by atoms with Crippen molar-refractivity contribution in [1.29, 1.82) is 0 Å². The van der Waals surface area contributed by atoms with Crippen LogP contribution in [-0.2, 0) is 0 Å². The van der Waals surface area contributed by atoms with Crippen LogP contribution in [0.3, 0.4) is 0 Å². The summed E-state index contributed by atoms with van der Waals surface area (Å²) in [6.45, 7) is 0. The van der Waals surface area contributed by atoms with Crippen LogP contribution in [0.4, 0.5) is 8.78 Å². The topological polar surface area (TPSA) is 90.2 Å². The van der Waals surface area contributed by atoms with Crippen LogP contribution in [0.25, 0.3) is 111 Å². The predicted octanol–water partition coefficient (Wildman–Crippen LogP) is 11.8. The molecule has 0 amide bonds. The van der Waals surface area contributed by atoms with Gasteiger partial charge >= 0.3 is 0 Å². The van der Waals surface area contributed by atoms with Gasteiger partial charge in [-0.3, -0.25) is 9.97 Å². The molecule has 0 bridgehead atoms. The molecule has 0 saturated carbocycles. The summed E-state index contributed by atoms with van der Waals surface area (Å²) in [6.07, 6.45) is 3.48. The first-order valence-corrected chi connectivity index (χ1v) is 18.7. The summed E-state index contributed by atoms with van der Waals surface area (Å²) in [5.41, 5.74) is 6.32. The average Bonchev–Trinajstić information content (AvgIpc) is 3.28. The number of nitrogens with zero attached hydrogens (tertiary/aromatic N) is 7. The molecule has 0 atom stereocenters.